The Labute approximate surface area is 131 Å². The molecule has 3 nitrogen and oxygen atoms in total. The third kappa shape index (κ3) is 3.08. The standard InChI is InChI=1S/C19H22N3/c1-3-4-13-21-15-22(19-8-6-5-7-18(19)21)20-14-17-11-9-16(2)10-12-17/h5-12,14-15H,3-4,13H2,1-2H3/q+1/b20-14+. The summed E-state index contributed by atoms with van der Waals surface area (Å²) in [6, 6.07) is 16.8. The average molecular weight is 292 g/mol. The first kappa shape index (κ1) is 14.5. The summed E-state index contributed by atoms with van der Waals surface area (Å²) in [5.41, 5.74) is 4.75. The van der Waals surface area contributed by atoms with E-state index in [-0.39, 0.29) is 0 Å². The van der Waals surface area contributed by atoms with Crippen LogP contribution in [0.4, 0.5) is 0 Å². The number of fused-ring (bicyclic) bond motifs is 1. The van der Waals surface area contributed by atoms with Crippen LogP contribution in [0.1, 0.15) is 30.9 Å². The van der Waals surface area contributed by atoms with Crippen molar-refractivity contribution in [3.05, 3.63) is 66.0 Å². The predicted molar refractivity (Wildman–Crippen MR) is 91.2 cm³/mol. The van der Waals surface area contributed by atoms with E-state index >= 15 is 0 Å². The lowest BCUT2D eigenvalue weighted by atomic mass is 10.2. The fraction of sp³-hybridized carbons (Fsp3) is 0.263. The molecule has 0 unspecified atom stereocenters. The van der Waals surface area contributed by atoms with E-state index in [2.05, 4.69) is 78.4 Å². The maximum absolute atomic E-state index is 4.63. The maximum atomic E-state index is 4.63. The number of para-hydroxylation sites is 2. The zero-order chi connectivity index (χ0) is 15.4. The highest BCUT2D eigenvalue weighted by molar-refractivity contribution is 5.80. The molecule has 0 atom stereocenters. The van der Waals surface area contributed by atoms with E-state index < -0.39 is 0 Å². The van der Waals surface area contributed by atoms with Gasteiger partial charge in [-0.15, -0.1) is 0 Å². The van der Waals surface area contributed by atoms with E-state index in [1.54, 1.807) is 0 Å². The Morgan fingerprint density at radius 2 is 1.86 bits per heavy atom. The summed E-state index contributed by atoms with van der Waals surface area (Å²) in [5.74, 6) is 0. The van der Waals surface area contributed by atoms with Crippen LogP contribution in [0.25, 0.3) is 11.0 Å². The van der Waals surface area contributed by atoms with Gasteiger partial charge in [-0.05, 0) is 31.0 Å². The van der Waals surface area contributed by atoms with Crippen molar-refractivity contribution in [3.8, 4) is 0 Å². The molecular weight excluding hydrogens is 270 g/mol. The Balaban J connectivity index is 1.94. The molecule has 0 aliphatic carbocycles. The van der Waals surface area contributed by atoms with E-state index in [0.717, 1.165) is 17.6 Å². The average Bonchev–Trinajstić information content (AvgIpc) is 2.91. The first-order valence-electron chi connectivity index (χ1n) is 7.88. The van der Waals surface area contributed by atoms with Crippen molar-refractivity contribution in [3.63, 3.8) is 0 Å². The molecule has 112 valence electrons. The molecule has 0 fully saturated rings. The lowest BCUT2D eigenvalue weighted by Crippen LogP contribution is -2.31. The second-order valence-electron chi connectivity index (χ2n) is 5.65. The summed E-state index contributed by atoms with van der Waals surface area (Å²) in [4.78, 5) is 0. The first-order chi connectivity index (χ1) is 10.8. The van der Waals surface area contributed by atoms with E-state index in [1.807, 2.05) is 10.9 Å². The molecule has 3 aromatic rings. The van der Waals surface area contributed by atoms with Crippen molar-refractivity contribution in [2.75, 3.05) is 0 Å². The summed E-state index contributed by atoms with van der Waals surface area (Å²) in [6.07, 6.45) is 6.38. The number of imidazole rings is 1. The maximum Gasteiger partial charge on any atom is 0.270 e. The largest absolute Gasteiger partial charge is 0.270 e. The third-order valence-electron chi connectivity index (χ3n) is 3.85. The van der Waals surface area contributed by atoms with Crippen LogP contribution in [-0.4, -0.2) is 10.9 Å². The fourth-order valence-corrected chi connectivity index (χ4v) is 2.54. The Bertz CT molecular complexity index is 782. The van der Waals surface area contributed by atoms with Crippen molar-refractivity contribution in [2.24, 2.45) is 5.10 Å². The quantitative estimate of drug-likeness (QED) is 0.502. The molecular formula is C19H22N3+. The van der Waals surface area contributed by atoms with Gasteiger partial charge < -0.3 is 0 Å². The second kappa shape index (κ2) is 6.56. The number of rotatable bonds is 5. The molecule has 0 aliphatic rings. The predicted octanol–water partition coefficient (Wildman–Crippen LogP) is 3.92. The van der Waals surface area contributed by atoms with Crippen molar-refractivity contribution in [1.29, 1.82) is 0 Å². The molecule has 0 spiro atoms. The zero-order valence-corrected chi connectivity index (χ0v) is 13.2. The highest BCUT2D eigenvalue weighted by atomic mass is 15.4. The lowest BCUT2D eigenvalue weighted by Gasteiger charge is -1.93. The highest BCUT2D eigenvalue weighted by Gasteiger charge is 2.13. The van der Waals surface area contributed by atoms with Gasteiger partial charge in [-0.1, -0.05) is 65.1 Å². The number of benzene rings is 2. The van der Waals surface area contributed by atoms with Crippen molar-refractivity contribution < 1.29 is 4.57 Å². The van der Waals surface area contributed by atoms with E-state index in [0.29, 0.717) is 0 Å². The number of nitrogens with zero attached hydrogens (tertiary/aromatic N) is 3. The number of hydrogen-bond acceptors (Lipinski definition) is 1. The van der Waals surface area contributed by atoms with Crippen LogP contribution in [0.2, 0.25) is 0 Å². The van der Waals surface area contributed by atoms with Crippen LogP contribution in [-0.2, 0) is 6.54 Å². The SMILES string of the molecule is CCCC[n+]1cn(/N=C/c2ccc(C)cc2)c2ccccc21. The summed E-state index contributed by atoms with van der Waals surface area (Å²) in [5, 5.41) is 4.63. The Morgan fingerprint density at radius 1 is 1.09 bits per heavy atom. The van der Waals surface area contributed by atoms with Gasteiger partial charge in [0.25, 0.3) is 6.33 Å². The van der Waals surface area contributed by atoms with Gasteiger partial charge in [0.05, 0.1) is 12.8 Å². The van der Waals surface area contributed by atoms with Gasteiger partial charge in [-0.3, -0.25) is 0 Å². The minimum Gasteiger partial charge on any atom is -0.228 e. The third-order valence-corrected chi connectivity index (χ3v) is 3.85. The molecule has 3 rings (SSSR count). The number of hydrogen-bond donors (Lipinski definition) is 0. The number of aryl methyl sites for hydroxylation is 2. The monoisotopic (exact) mass is 292 g/mol. The summed E-state index contributed by atoms with van der Waals surface area (Å²) in [7, 11) is 0. The molecule has 0 radical (unpaired) electrons. The molecule has 2 aromatic carbocycles. The fourth-order valence-electron chi connectivity index (χ4n) is 2.54. The summed E-state index contributed by atoms with van der Waals surface area (Å²) < 4.78 is 4.25. The highest BCUT2D eigenvalue weighted by Crippen LogP contribution is 2.11. The summed E-state index contributed by atoms with van der Waals surface area (Å²) in [6.45, 7) is 5.34. The van der Waals surface area contributed by atoms with E-state index in [4.69, 9.17) is 0 Å². The normalized spacial score (nSPS) is 11.5. The van der Waals surface area contributed by atoms with Gasteiger partial charge >= 0.3 is 0 Å². The minimum atomic E-state index is 1.03. The first-order valence-corrected chi connectivity index (χ1v) is 7.88. The molecule has 0 bridgehead atoms. The molecule has 0 aliphatic heterocycles. The number of unbranched alkanes of at least 4 members (excludes halogenated alkanes) is 1. The molecule has 22 heavy (non-hydrogen) atoms. The topological polar surface area (TPSA) is 21.2 Å². The molecule has 0 saturated carbocycles. The van der Waals surface area contributed by atoms with Crippen LogP contribution in [0.15, 0.2) is 60.0 Å². The molecule has 3 heteroatoms. The molecule has 0 saturated heterocycles. The van der Waals surface area contributed by atoms with Crippen LogP contribution in [0.3, 0.4) is 0 Å². The van der Waals surface area contributed by atoms with Crippen LogP contribution in [0, 0.1) is 6.92 Å². The molecule has 0 N–H and O–H groups in total. The van der Waals surface area contributed by atoms with Gasteiger partial charge in [-0.25, -0.2) is 4.57 Å². The van der Waals surface area contributed by atoms with Gasteiger partial charge in [-0.2, -0.15) is 0 Å². The van der Waals surface area contributed by atoms with E-state index in [9.17, 15) is 0 Å². The van der Waals surface area contributed by atoms with Gasteiger partial charge in [0.2, 0.25) is 5.52 Å². The second-order valence-corrected chi connectivity index (χ2v) is 5.65. The molecule has 1 heterocycles. The Hall–Kier alpha value is -2.42. The minimum absolute atomic E-state index is 1.03. The van der Waals surface area contributed by atoms with Crippen molar-refractivity contribution in [2.45, 2.75) is 33.2 Å². The Kier molecular flexibility index (Phi) is 4.33. The molecule has 1 aromatic heterocycles. The molecule has 0 amide bonds. The van der Waals surface area contributed by atoms with Crippen molar-refractivity contribution >= 4 is 17.2 Å². The van der Waals surface area contributed by atoms with Crippen LogP contribution in [0.5, 0.6) is 0 Å². The van der Waals surface area contributed by atoms with E-state index in [1.165, 1.54) is 23.9 Å². The van der Waals surface area contributed by atoms with Crippen LogP contribution >= 0.6 is 0 Å². The number of aromatic nitrogens is 2. The van der Waals surface area contributed by atoms with Crippen molar-refractivity contribution in [1.82, 2.24) is 4.68 Å². The summed E-state index contributed by atoms with van der Waals surface area (Å²) >= 11 is 0. The lowest BCUT2D eigenvalue weighted by molar-refractivity contribution is -0.672. The van der Waals surface area contributed by atoms with Gasteiger partial charge in [0.15, 0.2) is 5.52 Å². The van der Waals surface area contributed by atoms with Gasteiger partial charge in [0, 0.05) is 0 Å². The zero-order valence-electron chi connectivity index (χ0n) is 13.2. The smallest absolute Gasteiger partial charge is 0.228 e. The Morgan fingerprint density at radius 3 is 2.64 bits per heavy atom. The van der Waals surface area contributed by atoms with Crippen LogP contribution < -0.4 is 4.57 Å². The van der Waals surface area contributed by atoms with Gasteiger partial charge in [0.1, 0.15) is 0 Å².